The van der Waals surface area contributed by atoms with Gasteiger partial charge in [-0.05, 0) is 42.8 Å². The highest BCUT2D eigenvalue weighted by atomic mass is 16.5. The number of aromatic amines is 1. The number of ether oxygens (including phenoxy) is 1. The SMILES string of the molecule is CN(CCc1ccc(Oc2ccc(C(N)=O)cn2)cc1)Cc1cn[nH]c1-c1ccccc1. The molecule has 0 spiro atoms. The average molecular weight is 428 g/mol. The van der Waals surface area contributed by atoms with Crippen molar-refractivity contribution in [1.82, 2.24) is 20.1 Å². The summed E-state index contributed by atoms with van der Waals surface area (Å²) < 4.78 is 5.73. The van der Waals surface area contributed by atoms with Gasteiger partial charge in [-0.3, -0.25) is 9.89 Å². The first-order valence-electron chi connectivity index (χ1n) is 10.4. The molecule has 32 heavy (non-hydrogen) atoms. The number of H-pyrrole nitrogens is 1. The summed E-state index contributed by atoms with van der Waals surface area (Å²) in [5.74, 6) is 0.589. The highest BCUT2D eigenvalue weighted by molar-refractivity contribution is 5.92. The third-order valence-corrected chi connectivity index (χ3v) is 5.17. The van der Waals surface area contributed by atoms with Crippen LogP contribution in [0.2, 0.25) is 0 Å². The fourth-order valence-corrected chi connectivity index (χ4v) is 3.41. The molecule has 4 rings (SSSR count). The molecular weight excluding hydrogens is 402 g/mol. The minimum absolute atomic E-state index is 0.350. The summed E-state index contributed by atoms with van der Waals surface area (Å²) in [6.07, 6.45) is 4.22. The lowest BCUT2D eigenvalue weighted by atomic mass is 10.1. The van der Waals surface area contributed by atoms with Gasteiger partial charge in [0.2, 0.25) is 11.8 Å². The number of primary amides is 1. The van der Waals surface area contributed by atoms with Gasteiger partial charge in [0.25, 0.3) is 0 Å². The number of rotatable bonds is 9. The third-order valence-electron chi connectivity index (χ3n) is 5.17. The van der Waals surface area contributed by atoms with Crippen LogP contribution >= 0.6 is 0 Å². The summed E-state index contributed by atoms with van der Waals surface area (Å²) in [5, 5.41) is 7.35. The first-order valence-corrected chi connectivity index (χ1v) is 10.4. The molecule has 0 aliphatic rings. The van der Waals surface area contributed by atoms with E-state index in [1.54, 1.807) is 12.1 Å². The van der Waals surface area contributed by atoms with Crippen LogP contribution in [0.1, 0.15) is 21.5 Å². The van der Waals surface area contributed by atoms with E-state index in [1.165, 1.54) is 17.3 Å². The van der Waals surface area contributed by atoms with Crippen LogP contribution in [0.4, 0.5) is 0 Å². The molecule has 3 N–H and O–H groups in total. The van der Waals surface area contributed by atoms with Gasteiger partial charge in [0, 0.05) is 30.9 Å². The van der Waals surface area contributed by atoms with Crippen molar-refractivity contribution in [3.63, 3.8) is 0 Å². The Hall–Kier alpha value is -3.97. The number of aromatic nitrogens is 3. The molecule has 0 unspecified atom stereocenters. The topological polar surface area (TPSA) is 97.1 Å². The van der Waals surface area contributed by atoms with Gasteiger partial charge in [-0.15, -0.1) is 0 Å². The maximum atomic E-state index is 11.1. The number of carbonyl (C=O) groups is 1. The highest BCUT2D eigenvalue weighted by Crippen LogP contribution is 2.22. The second kappa shape index (κ2) is 9.89. The van der Waals surface area contributed by atoms with Crippen LogP contribution in [-0.2, 0) is 13.0 Å². The van der Waals surface area contributed by atoms with Crippen molar-refractivity contribution in [2.45, 2.75) is 13.0 Å². The Morgan fingerprint density at radius 2 is 1.81 bits per heavy atom. The number of carbonyl (C=O) groups excluding carboxylic acids is 1. The smallest absolute Gasteiger partial charge is 0.250 e. The van der Waals surface area contributed by atoms with E-state index in [1.807, 2.05) is 48.7 Å². The van der Waals surface area contributed by atoms with Gasteiger partial charge in [-0.1, -0.05) is 42.5 Å². The number of nitrogens with two attached hydrogens (primary N) is 1. The Morgan fingerprint density at radius 3 is 2.50 bits per heavy atom. The Bertz CT molecular complexity index is 1160. The van der Waals surface area contributed by atoms with E-state index in [-0.39, 0.29) is 0 Å². The molecule has 7 nitrogen and oxygen atoms in total. The van der Waals surface area contributed by atoms with Crippen molar-refractivity contribution in [3.8, 4) is 22.9 Å². The number of hydrogen-bond acceptors (Lipinski definition) is 5. The number of hydrogen-bond donors (Lipinski definition) is 2. The molecule has 0 bridgehead atoms. The maximum absolute atomic E-state index is 11.1. The second-order valence-electron chi connectivity index (χ2n) is 7.62. The zero-order valence-electron chi connectivity index (χ0n) is 17.9. The summed E-state index contributed by atoms with van der Waals surface area (Å²) in [7, 11) is 2.11. The molecule has 162 valence electrons. The molecule has 0 aliphatic heterocycles. The molecule has 2 heterocycles. The number of nitrogens with zero attached hydrogens (tertiary/aromatic N) is 3. The Kier molecular flexibility index (Phi) is 6.57. The largest absolute Gasteiger partial charge is 0.439 e. The van der Waals surface area contributed by atoms with Gasteiger partial charge in [0.15, 0.2) is 0 Å². The summed E-state index contributed by atoms with van der Waals surface area (Å²) in [5.41, 5.74) is 10.2. The Morgan fingerprint density at radius 1 is 1.03 bits per heavy atom. The molecule has 0 radical (unpaired) electrons. The van der Waals surface area contributed by atoms with Crippen molar-refractivity contribution in [2.75, 3.05) is 13.6 Å². The summed E-state index contributed by atoms with van der Waals surface area (Å²) in [6.45, 7) is 1.73. The van der Waals surface area contributed by atoms with E-state index >= 15 is 0 Å². The Labute approximate surface area is 186 Å². The molecule has 0 saturated carbocycles. The van der Waals surface area contributed by atoms with Gasteiger partial charge < -0.3 is 15.4 Å². The first kappa shape index (κ1) is 21.3. The van der Waals surface area contributed by atoms with E-state index in [9.17, 15) is 4.79 Å². The minimum Gasteiger partial charge on any atom is -0.439 e. The van der Waals surface area contributed by atoms with Crippen molar-refractivity contribution in [3.05, 3.63) is 95.8 Å². The molecule has 0 atom stereocenters. The molecule has 0 aliphatic carbocycles. The molecular formula is C25H25N5O2. The number of pyridine rings is 1. The lowest BCUT2D eigenvalue weighted by molar-refractivity contribution is 0.1000. The quantitative estimate of drug-likeness (QED) is 0.420. The molecule has 2 aromatic carbocycles. The summed E-state index contributed by atoms with van der Waals surface area (Å²) in [4.78, 5) is 17.5. The highest BCUT2D eigenvalue weighted by Gasteiger charge is 2.10. The van der Waals surface area contributed by atoms with Gasteiger partial charge in [-0.2, -0.15) is 5.10 Å². The van der Waals surface area contributed by atoms with Gasteiger partial charge in [0.05, 0.1) is 17.5 Å². The van der Waals surface area contributed by atoms with E-state index in [2.05, 4.69) is 39.3 Å². The van der Waals surface area contributed by atoms with E-state index in [0.29, 0.717) is 17.2 Å². The number of likely N-dealkylation sites (N-methyl/N-ethyl adjacent to an activating group) is 1. The van der Waals surface area contributed by atoms with E-state index < -0.39 is 5.91 Å². The van der Waals surface area contributed by atoms with Crippen LogP contribution in [0.15, 0.2) is 79.1 Å². The van der Waals surface area contributed by atoms with Crippen molar-refractivity contribution >= 4 is 5.91 Å². The molecule has 1 amide bonds. The van der Waals surface area contributed by atoms with Gasteiger partial charge in [-0.25, -0.2) is 4.98 Å². The predicted molar refractivity (Wildman–Crippen MR) is 123 cm³/mol. The van der Waals surface area contributed by atoms with Crippen molar-refractivity contribution in [1.29, 1.82) is 0 Å². The number of amides is 1. The molecule has 0 saturated heterocycles. The lowest BCUT2D eigenvalue weighted by Gasteiger charge is -2.17. The van der Waals surface area contributed by atoms with Crippen LogP contribution < -0.4 is 10.5 Å². The van der Waals surface area contributed by atoms with Crippen LogP contribution in [0, 0.1) is 0 Å². The monoisotopic (exact) mass is 427 g/mol. The molecule has 0 fully saturated rings. The van der Waals surface area contributed by atoms with Gasteiger partial charge in [0.1, 0.15) is 5.75 Å². The molecule has 4 aromatic rings. The van der Waals surface area contributed by atoms with E-state index in [0.717, 1.165) is 30.8 Å². The molecule has 2 aromatic heterocycles. The zero-order chi connectivity index (χ0) is 22.3. The lowest BCUT2D eigenvalue weighted by Crippen LogP contribution is -2.20. The van der Waals surface area contributed by atoms with E-state index in [4.69, 9.17) is 10.5 Å². The fraction of sp³-hybridized carbons (Fsp3) is 0.160. The standard InChI is InChI=1S/C25H25N5O2/c1-30(17-21-16-28-29-24(21)19-5-3-2-4-6-19)14-13-18-7-10-22(11-8-18)32-23-12-9-20(15-27-23)25(26)31/h2-12,15-16H,13-14,17H2,1H3,(H2,26,31)(H,28,29). The van der Waals surface area contributed by atoms with Crippen molar-refractivity contribution < 1.29 is 9.53 Å². The van der Waals surface area contributed by atoms with Crippen LogP contribution in [-0.4, -0.2) is 39.6 Å². The summed E-state index contributed by atoms with van der Waals surface area (Å²) in [6, 6.07) is 21.4. The second-order valence-corrected chi connectivity index (χ2v) is 7.62. The minimum atomic E-state index is -0.512. The molecule has 7 heteroatoms. The van der Waals surface area contributed by atoms with Crippen LogP contribution in [0.3, 0.4) is 0 Å². The summed E-state index contributed by atoms with van der Waals surface area (Å²) >= 11 is 0. The van der Waals surface area contributed by atoms with Crippen LogP contribution in [0.5, 0.6) is 11.6 Å². The van der Waals surface area contributed by atoms with Crippen molar-refractivity contribution in [2.24, 2.45) is 5.73 Å². The maximum Gasteiger partial charge on any atom is 0.250 e. The Balaban J connectivity index is 1.30. The zero-order valence-corrected chi connectivity index (χ0v) is 17.9. The normalized spacial score (nSPS) is 10.9. The number of nitrogens with one attached hydrogen (secondary N) is 1. The van der Waals surface area contributed by atoms with Gasteiger partial charge >= 0.3 is 0 Å². The average Bonchev–Trinajstić information content (AvgIpc) is 3.27. The predicted octanol–water partition coefficient (Wildman–Crippen LogP) is 4.04. The third kappa shape index (κ3) is 5.39. The first-order chi connectivity index (χ1) is 15.6. The van der Waals surface area contributed by atoms with Crippen LogP contribution in [0.25, 0.3) is 11.3 Å². The fourth-order valence-electron chi connectivity index (χ4n) is 3.41. The number of benzene rings is 2.